The largest absolute Gasteiger partial charge is 0.493 e. The quantitative estimate of drug-likeness (QED) is 0.320. The number of rotatable bonds is 8. The van der Waals surface area contributed by atoms with Gasteiger partial charge in [0.15, 0.2) is 0 Å². The second-order valence-corrected chi connectivity index (χ2v) is 4.65. The van der Waals surface area contributed by atoms with E-state index in [2.05, 4.69) is 39.5 Å². The lowest BCUT2D eigenvalue weighted by Crippen LogP contribution is -2.17. The molecule has 0 fully saturated rings. The zero-order valence-corrected chi connectivity index (χ0v) is 12.3. The van der Waals surface area contributed by atoms with Gasteiger partial charge < -0.3 is 4.74 Å². The van der Waals surface area contributed by atoms with Crippen LogP contribution in [0.2, 0.25) is 0 Å². The average molecular weight is 257 g/mol. The molecule has 0 N–H and O–H groups in total. The smallest absolute Gasteiger partial charge is 0.115 e. The second-order valence-electron chi connectivity index (χ2n) is 4.24. The molecule has 0 bridgehead atoms. The fourth-order valence-electron chi connectivity index (χ4n) is 1.43. The van der Waals surface area contributed by atoms with Crippen LogP contribution in [0, 0.1) is 5.92 Å². The van der Waals surface area contributed by atoms with E-state index in [1.165, 1.54) is 0 Å². The van der Waals surface area contributed by atoms with Crippen LogP contribution in [-0.4, -0.2) is 6.10 Å². The summed E-state index contributed by atoms with van der Waals surface area (Å²) in [4.78, 5) is 0. The van der Waals surface area contributed by atoms with Crippen LogP contribution in [0.25, 0.3) is 0 Å². The third kappa shape index (κ3) is 6.58. The van der Waals surface area contributed by atoms with E-state index in [0.29, 0.717) is 11.0 Å². The monoisotopic (exact) mass is 256 g/mol. The van der Waals surface area contributed by atoms with Crippen LogP contribution in [0.1, 0.15) is 47.0 Å². The summed E-state index contributed by atoms with van der Waals surface area (Å²) in [5.41, 5.74) is 0. The van der Waals surface area contributed by atoms with Gasteiger partial charge in [0.05, 0.1) is 11.1 Å². The minimum absolute atomic E-state index is 0.167. The Morgan fingerprint density at radius 2 is 1.94 bits per heavy atom. The molecule has 2 atom stereocenters. The summed E-state index contributed by atoms with van der Waals surface area (Å²) < 4.78 is 5.89. The van der Waals surface area contributed by atoms with E-state index in [1.54, 1.807) is 6.08 Å². The third-order valence-corrected chi connectivity index (χ3v) is 3.17. The third-order valence-electron chi connectivity index (χ3n) is 2.81. The standard InChI is InChI=1S/C15H25ClO/c1-6-9-10-11-12(4)13(5)17-15(8-3)14(16)7-2/h7,9-10,12-13H,2,6,8,11H2,1,3-5H3/b10-9-,15-14-/t12-,13?/m0/s1. The number of hydrogen-bond donors (Lipinski definition) is 0. The van der Waals surface area contributed by atoms with Gasteiger partial charge in [-0.3, -0.25) is 0 Å². The Morgan fingerprint density at radius 3 is 2.41 bits per heavy atom. The molecular formula is C15H25ClO. The predicted octanol–water partition coefficient (Wildman–Crippen LogP) is 5.43. The first kappa shape index (κ1) is 16.3. The molecule has 17 heavy (non-hydrogen) atoms. The maximum atomic E-state index is 6.03. The molecule has 0 aliphatic rings. The Kier molecular flexibility index (Phi) is 8.97. The molecule has 98 valence electrons. The summed E-state index contributed by atoms with van der Waals surface area (Å²) in [6.45, 7) is 12.1. The van der Waals surface area contributed by atoms with Gasteiger partial charge in [-0.25, -0.2) is 0 Å². The molecule has 0 aromatic rings. The van der Waals surface area contributed by atoms with Gasteiger partial charge >= 0.3 is 0 Å². The Morgan fingerprint density at radius 1 is 1.29 bits per heavy atom. The van der Waals surface area contributed by atoms with E-state index in [1.807, 2.05) is 6.92 Å². The highest BCUT2D eigenvalue weighted by atomic mass is 35.5. The van der Waals surface area contributed by atoms with Crippen molar-refractivity contribution < 1.29 is 4.74 Å². The zero-order chi connectivity index (χ0) is 13.3. The molecule has 1 unspecified atom stereocenters. The number of ether oxygens (including phenoxy) is 1. The van der Waals surface area contributed by atoms with E-state index in [-0.39, 0.29) is 6.10 Å². The Balaban J connectivity index is 4.36. The molecule has 1 nitrogen and oxygen atoms in total. The van der Waals surface area contributed by atoms with Crippen molar-refractivity contribution >= 4 is 11.6 Å². The van der Waals surface area contributed by atoms with Gasteiger partial charge in [-0.2, -0.15) is 0 Å². The SMILES string of the molecule is C=C/C(Cl)=C(\CC)OC(C)[C@@H](C)C/C=C\CC. The zero-order valence-electron chi connectivity index (χ0n) is 11.5. The maximum absolute atomic E-state index is 6.03. The Hall–Kier alpha value is -0.690. The highest BCUT2D eigenvalue weighted by molar-refractivity contribution is 6.31. The van der Waals surface area contributed by atoms with Crippen LogP contribution in [0.5, 0.6) is 0 Å². The molecule has 0 aliphatic carbocycles. The molecule has 0 rings (SSSR count). The second kappa shape index (κ2) is 9.35. The van der Waals surface area contributed by atoms with Crippen molar-refractivity contribution in [3.8, 4) is 0 Å². The lowest BCUT2D eigenvalue weighted by Gasteiger charge is -2.22. The fourth-order valence-corrected chi connectivity index (χ4v) is 1.61. The van der Waals surface area contributed by atoms with Gasteiger partial charge in [0.25, 0.3) is 0 Å². The van der Waals surface area contributed by atoms with Gasteiger partial charge in [-0.15, -0.1) is 0 Å². The molecule has 0 radical (unpaired) electrons. The van der Waals surface area contributed by atoms with Crippen molar-refractivity contribution in [2.75, 3.05) is 0 Å². The predicted molar refractivity (Wildman–Crippen MR) is 77.1 cm³/mol. The summed E-state index contributed by atoms with van der Waals surface area (Å²) >= 11 is 6.03. The lowest BCUT2D eigenvalue weighted by molar-refractivity contribution is 0.0816. The number of halogens is 1. The van der Waals surface area contributed by atoms with E-state index >= 15 is 0 Å². The summed E-state index contributed by atoms with van der Waals surface area (Å²) in [5.74, 6) is 1.31. The van der Waals surface area contributed by atoms with Crippen LogP contribution in [-0.2, 0) is 4.74 Å². The molecule has 0 amide bonds. The van der Waals surface area contributed by atoms with Crippen molar-refractivity contribution in [3.05, 3.63) is 35.6 Å². The first-order valence-corrected chi connectivity index (χ1v) is 6.77. The molecule has 0 aliphatic heterocycles. The van der Waals surface area contributed by atoms with Crippen LogP contribution in [0.4, 0.5) is 0 Å². The normalized spacial score (nSPS) is 16.5. The minimum Gasteiger partial charge on any atom is -0.493 e. The Bertz CT molecular complexity index is 279. The van der Waals surface area contributed by atoms with Crippen molar-refractivity contribution in [1.29, 1.82) is 0 Å². The van der Waals surface area contributed by atoms with Crippen LogP contribution in [0.15, 0.2) is 35.6 Å². The molecule has 2 heteroatoms. The van der Waals surface area contributed by atoms with E-state index in [9.17, 15) is 0 Å². The van der Waals surface area contributed by atoms with Crippen molar-refractivity contribution in [2.24, 2.45) is 5.92 Å². The Labute approximate surface area is 111 Å². The topological polar surface area (TPSA) is 9.23 Å². The number of hydrogen-bond acceptors (Lipinski definition) is 1. The van der Waals surface area contributed by atoms with Gasteiger partial charge in [0, 0.05) is 6.42 Å². The molecule has 0 saturated carbocycles. The van der Waals surface area contributed by atoms with Crippen LogP contribution >= 0.6 is 11.6 Å². The fraction of sp³-hybridized carbons (Fsp3) is 0.600. The highest BCUT2D eigenvalue weighted by Gasteiger charge is 2.14. The van der Waals surface area contributed by atoms with Crippen LogP contribution < -0.4 is 0 Å². The summed E-state index contributed by atoms with van der Waals surface area (Å²) in [6, 6.07) is 0. The van der Waals surface area contributed by atoms with E-state index in [0.717, 1.165) is 25.0 Å². The maximum Gasteiger partial charge on any atom is 0.115 e. The molecule has 0 aromatic heterocycles. The van der Waals surface area contributed by atoms with Crippen molar-refractivity contribution in [3.63, 3.8) is 0 Å². The molecule has 0 aromatic carbocycles. The average Bonchev–Trinajstić information content (AvgIpc) is 2.34. The first-order valence-electron chi connectivity index (χ1n) is 6.39. The van der Waals surface area contributed by atoms with E-state index < -0.39 is 0 Å². The van der Waals surface area contributed by atoms with Gasteiger partial charge in [0.2, 0.25) is 0 Å². The van der Waals surface area contributed by atoms with Gasteiger partial charge in [-0.05, 0) is 31.8 Å². The highest BCUT2D eigenvalue weighted by Crippen LogP contribution is 2.21. The first-order chi connectivity index (χ1) is 8.06. The van der Waals surface area contributed by atoms with E-state index in [4.69, 9.17) is 16.3 Å². The molecular weight excluding hydrogens is 232 g/mol. The number of allylic oxidation sites excluding steroid dienone is 5. The summed E-state index contributed by atoms with van der Waals surface area (Å²) in [6.07, 6.45) is 9.13. The molecule has 0 heterocycles. The summed E-state index contributed by atoms with van der Waals surface area (Å²) in [7, 11) is 0. The lowest BCUT2D eigenvalue weighted by atomic mass is 10.0. The van der Waals surface area contributed by atoms with Crippen molar-refractivity contribution in [2.45, 2.75) is 53.1 Å². The molecule has 0 spiro atoms. The summed E-state index contributed by atoms with van der Waals surface area (Å²) in [5, 5.41) is 0.621. The molecule has 0 saturated heterocycles. The minimum atomic E-state index is 0.167. The van der Waals surface area contributed by atoms with Crippen LogP contribution in [0.3, 0.4) is 0 Å². The van der Waals surface area contributed by atoms with Gasteiger partial charge in [-0.1, -0.05) is 51.1 Å². The van der Waals surface area contributed by atoms with Gasteiger partial charge in [0.1, 0.15) is 5.76 Å². The van der Waals surface area contributed by atoms with Crippen molar-refractivity contribution in [1.82, 2.24) is 0 Å².